The number of anilines is 3. The third-order valence-corrected chi connectivity index (χ3v) is 4.33. The summed E-state index contributed by atoms with van der Waals surface area (Å²) < 4.78 is 0. The highest BCUT2D eigenvalue weighted by Gasteiger charge is 2.09. The maximum atomic E-state index is 4.71. The minimum Gasteiger partial charge on any atom is -0.343 e. The second-order valence-corrected chi connectivity index (χ2v) is 6.36. The highest BCUT2D eigenvalue weighted by atomic mass is 15.2. The number of hydrogen-bond donors (Lipinski definition) is 1. The Hall–Kier alpha value is -2.95. The molecule has 0 aliphatic carbocycles. The van der Waals surface area contributed by atoms with Gasteiger partial charge in [0.05, 0.1) is 0 Å². The van der Waals surface area contributed by atoms with Crippen LogP contribution in [0.4, 0.5) is 17.5 Å². The van der Waals surface area contributed by atoms with Crippen LogP contribution in [0.1, 0.15) is 23.7 Å². The van der Waals surface area contributed by atoms with E-state index in [9.17, 15) is 0 Å². The first-order valence-electron chi connectivity index (χ1n) is 8.96. The second-order valence-electron chi connectivity index (χ2n) is 6.36. The van der Waals surface area contributed by atoms with Crippen molar-refractivity contribution in [3.63, 3.8) is 0 Å². The Morgan fingerprint density at radius 1 is 1.04 bits per heavy atom. The van der Waals surface area contributed by atoms with E-state index in [1.807, 2.05) is 50.6 Å². The van der Waals surface area contributed by atoms with E-state index in [-0.39, 0.29) is 0 Å². The molecule has 5 nitrogen and oxygen atoms in total. The third-order valence-electron chi connectivity index (χ3n) is 4.33. The zero-order valence-corrected chi connectivity index (χ0v) is 15.6. The molecule has 134 valence electrons. The van der Waals surface area contributed by atoms with Crippen molar-refractivity contribution in [3.05, 3.63) is 71.7 Å². The first-order valence-corrected chi connectivity index (χ1v) is 8.96. The van der Waals surface area contributed by atoms with Gasteiger partial charge in [0.2, 0.25) is 5.95 Å². The summed E-state index contributed by atoms with van der Waals surface area (Å²) in [7, 11) is 2.03. The summed E-state index contributed by atoms with van der Waals surface area (Å²) in [5, 5.41) is 3.45. The van der Waals surface area contributed by atoms with E-state index in [0.717, 1.165) is 42.5 Å². The lowest BCUT2D eigenvalue weighted by atomic mass is 10.1. The molecular weight excluding hydrogens is 322 g/mol. The van der Waals surface area contributed by atoms with Crippen molar-refractivity contribution < 1.29 is 0 Å². The molecule has 0 saturated carbocycles. The van der Waals surface area contributed by atoms with E-state index < -0.39 is 0 Å². The topological polar surface area (TPSA) is 53.9 Å². The van der Waals surface area contributed by atoms with Crippen molar-refractivity contribution in [3.8, 4) is 0 Å². The molecule has 5 heteroatoms. The number of para-hydroxylation sites is 1. The van der Waals surface area contributed by atoms with Gasteiger partial charge in [0.25, 0.3) is 0 Å². The number of benzene rings is 1. The van der Waals surface area contributed by atoms with Gasteiger partial charge in [-0.05, 0) is 49.1 Å². The minimum atomic E-state index is 0.732. The highest BCUT2D eigenvalue weighted by molar-refractivity contribution is 5.61. The van der Waals surface area contributed by atoms with Crippen LogP contribution >= 0.6 is 0 Å². The molecule has 0 amide bonds. The molecule has 3 rings (SSSR count). The van der Waals surface area contributed by atoms with Gasteiger partial charge in [-0.15, -0.1) is 0 Å². The fraction of sp³-hybridized carbons (Fsp3) is 0.286. The number of nitrogens with one attached hydrogen (secondary N) is 1. The molecule has 0 aliphatic heterocycles. The Morgan fingerprint density at radius 3 is 2.58 bits per heavy atom. The fourth-order valence-corrected chi connectivity index (χ4v) is 2.82. The zero-order valence-electron chi connectivity index (χ0n) is 15.6. The number of aromatic nitrogens is 3. The van der Waals surface area contributed by atoms with Crippen LogP contribution in [0.25, 0.3) is 0 Å². The molecule has 0 radical (unpaired) electrons. The quantitative estimate of drug-likeness (QED) is 0.695. The summed E-state index contributed by atoms with van der Waals surface area (Å²) in [6.45, 7) is 5.00. The van der Waals surface area contributed by atoms with Gasteiger partial charge in [-0.2, -0.15) is 4.98 Å². The average Bonchev–Trinajstić information content (AvgIpc) is 2.67. The van der Waals surface area contributed by atoms with Gasteiger partial charge in [0, 0.05) is 43.4 Å². The number of rotatable bonds is 7. The van der Waals surface area contributed by atoms with Crippen molar-refractivity contribution in [2.24, 2.45) is 0 Å². The lowest BCUT2D eigenvalue weighted by molar-refractivity contribution is 0.833. The SMILES string of the molecule is CCc1ccccc1Nc1cc(C)nc(N(C)CCc2ccncc2)n1. The van der Waals surface area contributed by atoms with Crippen LogP contribution in [0.15, 0.2) is 54.9 Å². The summed E-state index contributed by atoms with van der Waals surface area (Å²) >= 11 is 0. The van der Waals surface area contributed by atoms with Gasteiger partial charge < -0.3 is 10.2 Å². The first-order chi connectivity index (χ1) is 12.7. The molecule has 26 heavy (non-hydrogen) atoms. The Bertz CT molecular complexity index is 848. The summed E-state index contributed by atoms with van der Waals surface area (Å²) in [6, 6.07) is 14.4. The summed E-state index contributed by atoms with van der Waals surface area (Å²) in [6.07, 6.45) is 5.56. The van der Waals surface area contributed by atoms with Gasteiger partial charge in [0.1, 0.15) is 5.82 Å². The van der Waals surface area contributed by atoms with Gasteiger partial charge in [-0.25, -0.2) is 4.98 Å². The van der Waals surface area contributed by atoms with Crippen LogP contribution in [0.3, 0.4) is 0 Å². The molecule has 3 aromatic rings. The number of likely N-dealkylation sites (N-methyl/N-ethyl adjacent to an activating group) is 1. The molecule has 0 atom stereocenters. The van der Waals surface area contributed by atoms with E-state index in [1.54, 1.807) is 0 Å². The molecule has 1 aromatic carbocycles. The van der Waals surface area contributed by atoms with E-state index in [0.29, 0.717) is 0 Å². The summed E-state index contributed by atoms with van der Waals surface area (Å²) in [4.78, 5) is 15.4. The van der Waals surface area contributed by atoms with Crippen LogP contribution in [0.5, 0.6) is 0 Å². The number of pyridine rings is 1. The van der Waals surface area contributed by atoms with Crippen LogP contribution < -0.4 is 10.2 Å². The molecular formula is C21H25N5. The Morgan fingerprint density at radius 2 is 1.81 bits per heavy atom. The Balaban J connectivity index is 1.74. The predicted molar refractivity (Wildman–Crippen MR) is 107 cm³/mol. The van der Waals surface area contributed by atoms with Crippen LogP contribution in [0, 0.1) is 6.92 Å². The summed E-state index contributed by atoms with van der Waals surface area (Å²) in [5.41, 5.74) is 4.58. The standard InChI is InChI=1S/C21H25N5/c1-4-18-7-5-6-8-19(18)24-20-15-16(2)23-21(25-20)26(3)14-11-17-9-12-22-13-10-17/h5-10,12-13,15H,4,11,14H2,1-3H3,(H,23,24,25). The lowest BCUT2D eigenvalue weighted by Gasteiger charge is -2.19. The van der Waals surface area contributed by atoms with Crippen LogP contribution in [0.2, 0.25) is 0 Å². The van der Waals surface area contributed by atoms with Gasteiger partial charge >= 0.3 is 0 Å². The largest absolute Gasteiger partial charge is 0.343 e. The van der Waals surface area contributed by atoms with Gasteiger partial charge in [-0.3, -0.25) is 4.98 Å². The number of nitrogens with zero attached hydrogens (tertiary/aromatic N) is 4. The summed E-state index contributed by atoms with van der Waals surface area (Å²) in [5.74, 6) is 1.56. The Labute approximate surface area is 155 Å². The normalized spacial score (nSPS) is 10.6. The van der Waals surface area contributed by atoms with E-state index in [2.05, 4.69) is 45.3 Å². The minimum absolute atomic E-state index is 0.732. The first kappa shape index (κ1) is 17.9. The molecule has 0 saturated heterocycles. The molecule has 0 aliphatic rings. The van der Waals surface area contributed by atoms with Gasteiger partial charge in [-0.1, -0.05) is 25.1 Å². The highest BCUT2D eigenvalue weighted by Crippen LogP contribution is 2.22. The zero-order chi connectivity index (χ0) is 18.4. The van der Waals surface area contributed by atoms with E-state index in [1.165, 1.54) is 11.1 Å². The molecule has 2 aromatic heterocycles. The van der Waals surface area contributed by atoms with Crippen LogP contribution in [-0.2, 0) is 12.8 Å². The van der Waals surface area contributed by atoms with Crippen molar-refractivity contribution >= 4 is 17.5 Å². The molecule has 2 heterocycles. The van der Waals surface area contributed by atoms with E-state index >= 15 is 0 Å². The van der Waals surface area contributed by atoms with Crippen molar-refractivity contribution in [1.29, 1.82) is 0 Å². The molecule has 0 unspecified atom stereocenters. The molecule has 0 fully saturated rings. The number of hydrogen-bond acceptors (Lipinski definition) is 5. The Kier molecular flexibility index (Phi) is 5.79. The smallest absolute Gasteiger partial charge is 0.227 e. The van der Waals surface area contributed by atoms with Gasteiger partial charge in [0.15, 0.2) is 0 Å². The average molecular weight is 347 g/mol. The predicted octanol–water partition coefficient (Wildman–Crippen LogP) is 4.16. The molecule has 0 bridgehead atoms. The van der Waals surface area contributed by atoms with Crippen molar-refractivity contribution in [2.75, 3.05) is 23.8 Å². The molecule has 0 spiro atoms. The van der Waals surface area contributed by atoms with E-state index in [4.69, 9.17) is 4.98 Å². The van der Waals surface area contributed by atoms with Crippen molar-refractivity contribution in [1.82, 2.24) is 15.0 Å². The molecule has 1 N–H and O–H groups in total. The third kappa shape index (κ3) is 4.57. The second kappa shape index (κ2) is 8.43. The lowest BCUT2D eigenvalue weighted by Crippen LogP contribution is -2.23. The fourth-order valence-electron chi connectivity index (χ4n) is 2.82. The van der Waals surface area contributed by atoms with Crippen molar-refractivity contribution in [2.45, 2.75) is 26.7 Å². The maximum absolute atomic E-state index is 4.71. The number of aryl methyl sites for hydroxylation is 2. The monoisotopic (exact) mass is 347 g/mol. The maximum Gasteiger partial charge on any atom is 0.227 e. The van der Waals surface area contributed by atoms with Crippen LogP contribution in [-0.4, -0.2) is 28.5 Å².